The molecule has 0 atom stereocenters. The summed E-state index contributed by atoms with van der Waals surface area (Å²) in [5.74, 6) is -0.783. The van der Waals surface area contributed by atoms with E-state index in [1.807, 2.05) is 0 Å². The third-order valence-electron chi connectivity index (χ3n) is 2.21. The van der Waals surface area contributed by atoms with Crippen molar-refractivity contribution in [1.82, 2.24) is 0 Å². The third-order valence-corrected chi connectivity index (χ3v) is 2.77. The minimum absolute atomic E-state index is 0.0881. The van der Waals surface area contributed by atoms with Gasteiger partial charge < -0.3 is 14.5 Å². The summed E-state index contributed by atoms with van der Waals surface area (Å²) < 4.78 is 33.4. The number of nitrogens with one attached hydrogen (secondary N) is 1. The number of carbonyl (C=O) groups excluding carboxylic acids is 1. The molecule has 0 aliphatic heterocycles. The first-order valence-corrected chi connectivity index (χ1v) is 6.01. The van der Waals surface area contributed by atoms with E-state index in [4.69, 9.17) is 27.6 Å². The highest BCUT2D eigenvalue weighted by Crippen LogP contribution is 2.37. The zero-order valence-corrected chi connectivity index (χ0v) is 11.2. The number of furan rings is 1. The van der Waals surface area contributed by atoms with Crippen molar-refractivity contribution in [2.45, 2.75) is 6.61 Å². The molecule has 0 radical (unpaired) electrons. The molecule has 8 heteroatoms. The van der Waals surface area contributed by atoms with Gasteiger partial charge in [0.05, 0.1) is 16.3 Å². The maximum atomic E-state index is 12.2. The second kappa shape index (κ2) is 6.11. The average molecular weight is 322 g/mol. The average Bonchev–Trinajstić information content (AvgIpc) is 2.87. The van der Waals surface area contributed by atoms with Crippen LogP contribution in [-0.4, -0.2) is 12.5 Å². The molecule has 1 N–H and O–H groups in total. The van der Waals surface area contributed by atoms with Crippen LogP contribution < -0.4 is 10.1 Å². The van der Waals surface area contributed by atoms with Crippen molar-refractivity contribution < 1.29 is 22.7 Å². The van der Waals surface area contributed by atoms with E-state index in [0.29, 0.717) is 0 Å². The van der Waals surface area contributed by atoms with E-state index in [0.717, 1.165) is 0 Å². The van der Waals surface area contributed by atoms with Crippen LogP contribution >= 0.6 is 23.2 Å². The SMILES string of the molecule is O=C(Nc1cc(Cl)c(OC(F)F)c(Cl)c1)c1ccco1. The molecule has 0 aliphatic carbocycles. The first-order chi connectivity index (χ1) is 9.47. The Balaban J connectivity index is 2.20. The highest BCUT2D eigenvalue weighted by Gasteiger charge is 2.16. The van der Waals surface area contributed by atoms with E-state index in [-0.39, 0.29) is 27.2 Å². The summed E-state index contributed by atoms with van der Waals surface area (Å²) in [6.07, 6.45) is 1.34. The van der Waals surface area contributed by atoms with Crippen LogP contribution in [0, 0.1) is 0 Å². The van der Waals surface area contributed by atoms with Crippen LogP contribution in [0.25, 0.3) is 0 Å². The molecule has 106 valence electrons. The normalized spacial score (nSPS) is 10.7. The number of hydrogen-bond acceptors (Lipinski definition) is 3. The summed E-state index contributed by atoms with van der Waals surface area (Å²) in [4.78, 5) is 11.7. The Morgan fingerprint density at radius 2 is 1.95 bits per heavy atom. The second-order valence-electron chi connectivity index (χ2n) is 3.58. The van der Waals surface area contributed by atoms with Gasteiger partial charge in [-0.3, -0.25) is 4.79 Å². The van der Waals surface area contributed by atoms with Gasteiger partial charge in [-0.15, -0.1) is 0 Å². The quantitative estimate of drug-likeness (QED) is 0.905. The van der Waals surface area contributed by atoms with E-state index in [9.17, 15) is 13.6 Å². The van der Waals surface area contributed by atoms with Crippen LogP contribution in [0.5, 0.6) is 5.75 Å². The van der Waals surface area contributed by atoms with Crippen molar-refractivity contribution in [3.8, 4) is 5.75 Å². The van der Waals surface area contributed by atoms with Gasteiger partial charge in [-0.05, 0) is 24.3 Å². The molecule has 2 aromatic rings. The lowest BCUT2D eigenvalue weighted by Gasteiger charge is -2.11. The molecule has 4 nitrogen and oxygen atoms in total. The Hall–Kier alpha value is -1.79. The number of hydrogen-bond donors (Lipinski definition) is 1. The maximum Gasteiger partial charge on any atom is 0.387 e. The zero-order valence-electron chi connectivity index (χ0n) is 9.70. The maximum absolute atomic E-state index is 12.2. The van der Waals surface area contributed by atoms with Gasteiger partial charge in [0.25, 0.3) is 5.91 Å². The molecular weight excluding hydrogens is 315 g/mol. The van der Waals surface area contributed by atoms with Crippen LogP contribution in [0.2, 0.25) is 10.0 Å². The minimum Gasteiger partial charge on any atom is -0.459 e. The zero-order chi connectivity index (χ0) is 14.7. The molecule has 1 heterocycles. The molecule has 2 rings (SSSR count). The Bertz CT molecular complexity index is 594. The summed E-state index contributed by atoms with van der Waals surface area (Å²) in [6, 6.07) is 5.50. The van der Waals surface area contributed by atoms with Gasteiger partial charge in [0.2, 0.25) is 0 Å². The van der Waals surface area contributed by atoms with Crippen LogP contribution in [0.1, 0.15) is 10.6 Å². The molecule has 0 fully saturated rings. The molecule has 20 heavy (non-hydrogen) atoms. The topological polar surface area (TPSA) is 51.5 Å². The highest BCUT2D eigenvalue weighted by molar-refractivity contribution is 6.37. The van der Waals surface area contributed by atoms with E-state index < -0.39 is 12.5 Å². The van der Waals surface area contributed by atoms with Crippen LogP contribution in [0.15, 0.2) is 34.9 Å². The molecule has 1 amide bonds. The standard InChI is InChI=1S/C12H7Cl2F2NO3/c13-7-4-6(5-8(14)10(7)20-12(15)16)17-11(18)9-2-1-3-19-9/h1-5,12H,(H,17,18). The number of ether oxygens (including phenoxy) is 1. The number of amides is 1. The van der Waals surface area contributed by atoms with Gasteiger partial charge >= 0.3 is 6.61 Å². The molecule has 0 saturated heterocycles. The molecule has 0 bridgehead atoms. The second-order valence-corrected chi connectivity index (χ2v) is 4.39. The lowest BCUT2D eigenvalue weighted by Crippen LogP contribution is -2.11. The monoisotopic (exact) mass is 321 g/mol. The fourth-order valence-corrected chi connectivity index (χ4v) is 2.01. The lowest BCUT2D eigenvalue weighted by atomic mass is 10.3. The molecular formula is C12H7Cl2F2NO3. The fraction of sp³-hybridized carbons (Fsp3) is 0.0833. The number of benzene rings is 1. The Kier molecular flexibility index (Phi) is 4.46. The molecule has 0 saturated carbocycles. The van der Waals surface area contributed by atoms with Crippen molar-refractivity contribution in [2.75, 3.05) is 5.32 Å². The predicted octanol–water partition coefficient (Wildman–Crippen LogP) is 4.44. The number of carbonyl (C=O) groups is 1. The van der Waals surface area contributed by atoms with E-state index in [1.165, 1.54) is 24.5 Å². The minimum atomic E-state index is -3.05. The largest absolute Gasteiger partial charge is 0.459 e. The molecule has 0 unspecified atom stereocenters. The van der Waals surface area contributed by atoms with Crippen LogP contribution in [0.3, 0.4) is 0 Å². The van der Waals surface area contributed by atoms with Gasteiger partial charge in [0, 0.05) is 5.69 Å². The third kappa shape index (κ3) is 3.40. The van der Waals surface area contributed by atoms with Gasteiger partial charge in [0.15, 0.2) is 11.5 Å². The highest BCUT2D eigenvalue weighted by atomic mass is 35.5. The molecule has 1 aromatic carbocycles. The summed E-state index contributed by atoms with van der Waals surface area (Å²) in [6.45, 7) is -3.05. The van der Waals surface area contributed by atoms with Gasteiger partial charge in [-0.25, -0.2) is 0 Å². The van der Waals surface area contributed by atoms with Crippen molar-refractivity contribution in [3.63, 3.8) is 0 Å². The number of halogens is 4. The van der Waals surface area contributed by atoms with Crippen molar-refractivity contribution in [3.05, 3.63) is 46.3 Å². The summed E-state index contributed by atoms with van der Waals surface area (Å²) in [5, 5.41) is 2.17. The number of rotatable bonds is 4. The first kappa shape index (κ1) is 14.6. The van der Waals surface area contributed by atoms with Gasteiger partial charge in [-0.1, -0.05) is 23.2 Å². The smallest absolute Gasteiger partial charge is 0.387 e. The number of anilines is 1. The molecule has 1 aromatic heterocycles. The first-order valence-electron chi connectivity index (χ1n) is 5.26. The van der Waals surface area contributed by atoms with Crippen molar-refractivity contribution >= 4 is 34.8 Å². The van der Waals surface area contributed by atoms with E-state index in [1.54, 1.807) is 6.07 Å². The molecule has 0 aliphatic rings. The summed E-state index contributed by atoms with van der Waals surface area (Å²) >= 11 is 11.5. The lowest BCUT2D eigenvalue weighted by molar-refractivity contribution is -0.0497. The van der Waals surface area contributed by atoms with Crippen molar-refractivity contribution in [2.24, 2.45) is 0 Å². The van der Waals surface area contributed by atoms with Crippen LogP contribution in [0.4, 0.5) is 14.5 Å². The van der Waals surface area contributed by atoms with Gasteiger partial charge in [-0.2, -0.15) is 8.78 Å². The van der Waals surface area contributed by atoms with E-state index >= 15 is 0 Å². The van der Waals surface area contributed by atoms with Gasteiger partial charge in [0.1, 0.15) is 0 Å². The Morgan fingerprint density at radius 1 is 1.30 bits per heavy atom. The van der Waals surface area contributed by atoms with Crippen LogP contribution in [-0.2, 0) is 0 Å². The summed E-state index contributed by atoms with van der Waals surface area (Å²) in [5.41, 5.74) is 0.225. The molecule has 0 spiro atoms. The van der Waals surface area contributed by atoms with Crippen molar-refractivity contribution in [1.29, 1.82) is 0 Å². The Morgan fingerprint density at radius 3 is 2.45 bits per heavy atom. The number of alkyl halides is 2. The Labute approximate surface area is 122 Å². The predicted molar refractivity (Wildman–Crippen MR) is 69.8 cm³/mol. The summed E-state index contributed by atoms with van der Waals surface area (Å²) in [7, 11) is 0. The fourth-order valence-electron chi connectivity index (χ4n) is 1.43. The van der Waals surface area contributed by atoms with E-state index in [2.05, 4.69) is 10.1 Å².